The Kier molecular flexibility index (Phi) is 6.56. The van der Waals surface area contributed by atoms with Crippen molar-refractivity contribution < 1.29 is 14.3 Å². The number of unbranched alkanes of at least 4 members (excludes halogenated alkanes) is 1. The van der Waals surface area contributed by atoms with Gasteiger partial charge < -0.3 is 15.0 Å². The van der Waals surface area contributed by atoms with Gasteiger partial charge in [-0.15, -0.1) is 0 Å². The number of ether oxygens (including phenoxy) is 1. The van der Waals surface area contributed by atoms with E-state index in [9.17, 15) is 9.59 Å². The molecule has 0 radical (unpaired) electrons. The van der Waals surface area contributed by atoms with E-state index in [1.807, 2.05) is 6.92 Å². The summed E-state index contributed by atoms with van der Waals surface area (Å²) in [6.07, 6.45) is 2.38. The first-order chi connectivity index (χ1) is 9.52. The molecule has 5 nitrogen and oxygen atoms in total. The molecule has 0 bridgehead atoms. The zero-order valence-electron chi connectivity index (χ0n) is 12.3. The molecule has 0 heterocycles. The van der Waals surface area contributed by atoms with Gasteiger partial charge in [-0.1, -0.05) is 19.4 Å². The van der Waals surface area contributed by atoms with Gasteiger partial charge in [-0.2, -0.15) is 0 Å². The number of carbonyl (C=O) groups is 2. The minimum absolute atomic E-state index is 0.00614. The Morgan fingerprint density at radius 3 is 2.70 bits per heavy atom. The van der Waals surface area contributed by atoms with Crippen LogP contribution in [0.3, 0.4) is 0 Å². The van der Waals surface area contributed by atoms with Gasteiger partial charge in [0.1, 0.15) is 5.75 Å². The maximum atomic E-state index is 11.6. The van der Waals surface area contributed by atoms with E-state index in [0.29, 0.717) is 17.9 Å². The lowest BCUT2D eigenvalue weighted by atomic mass is 10.2. The molecule has 2 amide bonds. The molecule has 20 heavy (non-hydrogen) atoms. The van der Waals surface area contributed by atoms with Gasteiger partial charge in [0, 0.05) is 32.3 Å². The molecule has 1 N–H and O–H groups in total. The van der Waals surface area contributed by atoms with Gasteiger partial charge in [0.25, 0.3) is 5.91 Å². The van der Waals surface area contributed by atoms with Crippen molar-refractivity contribution in [1.82, 2.24) is 4.90 Å². The normalized spacial score (nSPS) is 9.95. The number of anilines is 1. The average molecular weight is 278 g/mol. The molecule has 0 fully saturated rings. The zero-order chi connectivity index (χ0) is 15.0. The predicted octanol–water partition coefficient (Wildman–Crippen LogP) is 2.28. The largest absolute Gasteiger partial charge is 0.484 e. The van der Waals surface area contributed by atoms with Crippen molar-refractivity contribution in [1.29, 1.82) is 0 Å². The van der Waals surface area contributed by atoms with Crippen LogP contribution in [0.4, 0.5) is 5.69 Å². The van der Waals surface area contributed by atoms with Crippen LogP contribution in [0.2, 0.25) is 0 Å². The number of rotatable bonds is 7. The Balaban J connectivity index is 2.53. The summed E-state index contributed by atoms with van der Waals surface area (Å²) >= 11 is 0. The zero-order valence-corrected chi connectivity index (χ0v) is 12.3. The SMILES string of the molecule is CCCCC(=O)Nc1cccc(OCC(=O)N(C)C)c1. The van der Waals surface area contributed by atoms with Crippen molar-refractivity contribution in [2.45, 2.75) is 26.2 Å². The van der Waals surface area contributed by atoms with Gasteiger partial charge in [0.05, 0.1) is 0 Å². The predicted molar refractivity (Wildman–Crippen MR) is 78.8 cm³/mol. The van der Waals surface area contributed by atoms with Crippen LogP contribution in [0.1, 0.15) is 26.2 Å². The van der Waals surface area contributed by atoms with Crippen molar-refractivity contribution in [3.63, 3.8) is 0 Å². The number of carbonyl (C=O) groups excluding carboxylic acids is 2. The third kappa shape index (κ3) is 5.73. The number of nitrogens with one attached hydrogen (secondary N) is 1. The number of hydrogen-bond donors (Lipinski definition) is 1. The number of nitrogens with zero attached hydrogens (tertiary/aromatic N) is 1. The molecule has 0 aliphatic carbocycles. The van der Waals surface area contributed by atoms with E-state index in [2.05, 4.69) is 5.32 Å². The van der Waals surface area contributed by atoms with Gasteiger partial charge in [-0.3, -0.25) is 9.59 Å². The van der Waals surface area contributed by atoms with Gasteiger partial charge >= 0.3 is 0 Å². The van der Waals surface area contributed by atoms with E-state index in [0.717, 1.165) is 12.8 Å². The summed E-state index contributed by atoms with van der Waals surface area (Å²) in [5.74, 6) is 0.448. The highest BCUT2D eigenvalue weighted by atomic mass is 16.5. The van der Waals surface area contributed by atoms with E-state index in [1.165, 1.54) is 4.90 Å². The molecule has 0 aromatic heterocycles. The molecule has 0 unspecified atom stereocenters. The van der Waals surface area contributed by atoms with Crippen molar-refractivity contribution in [2.75, 3.05) is 26.0 Å². The summed E-state index contributed by atoms with van der Waals surface area (Å²) in [5.41, 5.74) is 0.681. The highest BCUT2D eigenvalue weighted by Crippen LogP contribution is 2.17. The molecular weight excluding hydrogens is 256 g/mol. The fourth-order valence-corrected chi connectivity index (χ4v) is 1.50. The molecule has 1 aromatic rings. The van der Waals surface area contributed by atoms with Crippen molar-refractivity contribution in [3.8, 4) is 5.75 Å². The minimum Gasteiger partial charge on any atom is -0.484 e. The summed E-state index contributed by atoms with van der Waals surface area (Å²) in [4.78, 5) is 24.5. The molecule has 0 saturated heterocycles. The minimum atomic E-state index is -0.109. The topological polar surface area (TPSA) is 58.6 Å². The average Bonchev–Trinajstić information content (AvgIpc) is 2.42. The summed E-state index contributed by atoms with van der Waals surface area (Å²) in [6, 6.07) is 7.05. The van der Waals surface area contributed by atoms with Crippen LogP contribution in [0.5, 0.6) is 5.75 Å². The van der Waals surface area contributed by atoms with Crippen LogP contribution >= 0.6 is 0 Å². The van der Waals surface area contributed by atoms with Gasteiger partial charge in [0.2, 0.25) is 5.91 Å². The third-order valence-electron chi connectivity index (χ3n) is 2.74. The fraction of sp³-hybridized carbons (Fsp3) is 0.467. The maximum absolute atomic E-state index is 11.6. The first-order valence-corrected chi connectivity index (χ1v) is 6.75. The Morgan fingerprint density at radius 2 is 2.05 bits per heavy atom. The van der Waals surface area contributed by atoms with Crippen LogP contribution in [0, 0.1) is 0 Å². The van der Waals surface area contributed by atoms with Gasteiger partial charge in [-0.25, -0.2) is 0 Å². The highest BCUT2D eigenvalue weighted by molar-refractivity contribution is 5.90. The Hall–Kier alpha value is -2.04. The maximum Gasteiger partial charge on any atom is 0.259 e. The summed E-state index contributed by atoms with van der Waals surface area (Å²) in [7, 11) is 3.35. The van der Waals surface area contributed by atoms with E-state index < -0.39 is 0 Å². The summed E-state index contributed by atoms with van der Waals surface area (Å²) < 4.78 is 5.39. The van der Waals surface area contributed by atoms with Crippen molar-refractivity contribution >= 4 is 17.5 Å². The lowest BCUT2D eigenvalue weighted by Crippen LogP contribution is -2.27. The quantitative estimate of drug-likeness (QED) is 0.832. The van der Waals surface area contributed by atoms with Crippen LogP contribution in [0.25, 0.3) is 0 Å². The second kappa shape index (κ2) is 8.19. The first-order valence-electron chi connectivity index (χ1n) is 6.75. The molecule has 0 aliphatic heterocycles. The van der Waals surface area contributed by atoms with Crippen LogP contribution in [0.15, 0.2) is 24.3 Å². The molecular formula is C15H22N2O3. The fourth-order valence-electron chi connectivity index (χ4n) is 1.50. The van der Waals surface area contributed by atoms with Crippen LogP contribution in [-0.4, -0.2) is 37.4 Å². The van der Waals surface area contributed by atoms with E-state index in [4.69, 9.17) is 4.74 Å². The van der Waals surface area contributed by atoms with Gasteiger partial charge in [0.15, 0.2) is 6.61 Å². The molecule has 0 saturated carbocycles. The Bertz CT molecular complexity index is 458. The van der Waals surface area contributed by atoms with Crippen molar-refractivity contribution in [3.05, 3.63) is 24.3 Å². The molecule has 0 spiro atoms. The smallest absolute Gasteiger partial charge is 0.259 e. The molecule has 5 heteroatoms. The molecule has 110 valence electrons. The first kappa shape index (κ1) is 16.0. The van der Waals surface area contributed by atoms with Crippen LogP contribution in [-0.2, 0) is 9.59 Å². The lowest BCUT2D eigenvalue weighted by Gasteiger charge is -2.12. The standard InChI is InChI=1S/C15H22N2O3/c1-4-5-9-14(18)16-12-7-6-8-13(10-12)20-11-15(19)17(2)3/h6-8,10H,4-5,9,11H2,1-3H3,(H,16,18). The van der Waals surface area contributed by atoms with Crippen molar-refractivity contribution in [2.24, 2.45) is 0 Å². The lowest BCUT2D eigenvalue weighted by molar-refractivity contribution is -0.130. The van der Waals surface area contributed by atoms with E-state index in [-0.39, 0.29) is 18.4 Å². The number of likely N-dealkylation sites (N-methyl/N-ethyl adjacent to an activating group) is 1. The van der Waals surface area contributed by atoms with E-state index in [1.54, 1.807) is 38.4 Å². The van der Waals surface area contributed by atoms with Gasteiger partial charge in [-0.05, 0) is 18.6 Å². The second-order valence-corrected chi connectivity index (χ2v) is 4.76. The van der Waals surface area contributed by atoms with E-state index >= 15 is 0 Å². The van der Waals surface area contributed by atoms with Crippen LogP contribution < -0.4 is 10.1 Å². The summed E-state index contributed by atoms with van der Waals surface area (Å²) in [6.45, 7) is 2.03. The molecule has 0 aliphatic rings. The molecule has 1 aromatic carbocycles. The monoisotopic (exact) mass is 278 g/mol. The molecule has 0 atom stereocenters. The summed E-state index contributed by atoms with van der Waals surface area (Å²) in [5, 5.41) is 2.81. The number of hydrogen-bond acceptors (Lipinski definition) is 3. The Labute approximate surface area is 119 Å². The number of amides is 2. The molecule has 1 rings (SSSR count). The Morgan fingerprint density at radius 1 is 1.30 bits per heavy atom. The highest BCUT2D eigenvalue weighted by Gasteiger charge is 2.06. The second-order valence-electron chi connectivity index (χ2n) is 4.76. The number of benzene rings is 1. The third-order valence-corrected chi connectivity index (χ3v) is 2.74.